The molecule has 0 bridgehead atoms. The maximum atomic E-state index is 12.2. The summed E-state index contributed by atoms with van der Waals surface area (Å²) in [5.41, 5.74) is 1.59. The van der Waals surface area contributed by atoms with Crippen LogP contribution in [0.4, 0.5) is 0 Å². The van der Waals surface area contributed by atoms with Crippen LogP contribution < -0.4 is 10.1 Å². The number of rotatable bonds is 4. The summed E-state index contributed by atoms with van der Waals surface area (Å²) in [5.74, 6) is 0.673. The Morgan fingerprint density at radius 3 is 2.45 bits per heavy atom. The molecule has 0 aromatic heterocycles. The molecule has 3 nitrogen and oxygen atoms in total. The summed E-state index contributed by atoms with van der Waals surface area (Å²) in [7, 11) is 1.63. The second-order valence-electron chi connectivity index (χ2n) is 4.44. The molecule has 0 saturated carbocycles. The van der Waals surface area contributed by atoms with E-state index in [2.05, 4.69) is 21.2 Å². The van der Waals surface area contributed by atoms with E-state index in [-0.39, 0.29) is 11.9 Å². The first-order valence-electron chi connectivity index (χ1n) is 6.31. The summed E-state index contributed by atoms with van der Waals surface area (Å²) < 4.78 is 6.26. The maximum absolute atomic E-state index is 12.2. The van der Waals surface area contributed by atoms with Crippen molar-refractivity contribution in [1.82, 2.24) is 5.32 Å². The van der Waals surface area contributed by atoms with E-state index in [0.29, 0.717) is 5.56 Å². The van der Waals surface area contributed by atoms with E-state index in [9.17, 15) is 4.79 Å². The third-order valence-electron chi connectivity index (χ3n) is 3.06. The van der Waals surface area contributed by atoms with Crippen molar-refractivity contribution in [2.75, 3.05) is 7.11 Å². The molecule has 1 N–H and O–H groups in total. The molecular formula is C16H16BrNO2. The van der Waals surface area contributed by atoms with Gasteiger partial charge in [-0.1, -0.05) is 34.1 Å². The highest BCUT2D eigenvalue weighted by Gasteiger charge is 2.14. The lowest BCUT2D eigenvalue weighted by Gasteiger charge is -2.17. The Kier molecular flexibility index (Phi) is 4.79. The van der Waals surface area contributed by atoms with Crippen LogP contribution in [0.5, 0.6) is 5.75 Å². The van der Waals surface area contributed by atoms with E-state index in [4.69, 9.17) is 4.74 Å². The minimum Gasteiger partial charge on any atom is -0.496 e. The Balaban J connectivity index is 2.13. The summed E-state index contributed by atoms with van der Waals surface area (Å²) in [4.78, 5) is 12.2. The molecule has 0 unspecified atom stereocenters. The van der Waals surface area contributed by atoms with Crippen LogP contribution in [0.1, 0.15) is 28.9 Å². The topological polar surface area (TPSA) is 38.3 Å². The number of halogens is 1. The maximum Gasteiger partial charge on any atom is 0.251 e. The molecule has 0 aliphatic heterocycles. The molecule has 4 heteroatoms. The van der Waals surface area contributed by atoms with Gasteiger partial charge in [0.25, 0.3) is 5.91 Å². The van der Waals surface area contributed by atoms with Gasteiger partial charge in [-0.25, -0.2) is 0 Å². The van der Waals surface area contributed by atoms with Crippen LogP contribution in [-0.4, -0.2) is 13.0 Å². The van der Waals surface area contributed by atoms with E-state index in [0.717, 1.165) is 15.8 Å². The second-order valence-corrected chi connectivity index (χ2v) is 5.36. The highest BCUT2D eigenvalue weighted by Crippen LogP contribution is 2.24. The van der Waals surface area contributed by atoms with Crippen LogP contribution in [0.2, 0.25) is 0 Å². The number of ether oxygens (including phenoxy) is 1. The van der Waals surface area contributed by atoms with Crippen molar-refractivity contribution in [3.05, 3.63) is 64.1 Å². The minimum absolute atomic E-state index is 0.101. The van der Waals surface area contributed by atoms with Crippen molar-refractivity contribution >= 4 is 21.8 Å². The van der Waals surface area contributed by atoms with Crippen LogP contribution in [0.25, 0.3) is 0 Å². The van der Waals surface area contributed by atoms with Crippen molar-refractivity contribution in [1.29, 1.82) is 0 Å². The van der Waals surface area contributed by atoms with E-state index in [1.807, 2.05) is 43.3 Å². The zero-order valence-corrected chi connectivity index (χ0v) is 13.0. The molecule has 0 fully saturated rings. The fourth-order valence-electron chi connectivity index (χ4n) is 1.98. The van der Waals surface area contributed by atoms with Crippen LogP contribution in [0, 0.1) is 0 Å². The predicted molar refractivity (Wildman–Crippen MR) is 83.0 cm³/mol. The van der Waals surface area contributed by atoms with Crippen LogP contribution in [-0.2, 0) is 0 Å². The number of methoxy groups -OCH3 is 1. The Hall–Kier alpha value is -1.81. The van der Waals surface area contributed by atoms with Gasteiger partial charge in [0.05, 0.1) is 13.2 Å². The van der Waals surface area contributed by atoms with E-state index in [1.165, 1.54) is 0 Å². The average molecular weight is 334 g/mol. The molecule has 0 saturated heterocycles. The third kappa shape index (κ3) is 3.39. The number of amides is 1. The lowest BCUT2D eigenvalue weighted by Crippen LogP contribution is -2.26. The van der Waals surface area contributed by atoms with Crippen molar-refractivity contribution < 1.29 is 9.53 Å². The van der Waals surface area contributed by atoms with Crippen LogP contribution >= 0.6 is 15.9 Å². The van der Waals surface area contributed by atoms with Gasteiger partial charge in [-0.15, -0.1) is 0 Å². The number of hydrogen-bond acceptors (Lipinski definition) is 2. The molecule has 0 aliphatic rings. The summed E-state index contributed by atoms with van der Waals surface area (Å²) in [6.45, 7) is 1.94. The molecule has 1 amide bonds. The summed E-state index contributed by atoms with van der Waals surface area (Å²) >= 11 is 3.35. The fraction of sp³-hybridized carbons (Fsp3) is 0.188. The normalized spacial score (nSPS) is 11.8. The molecule has 20 heavy (non-hydrogen) atoms. The Bertz CT molecular complexity index is 596. The molecule has 2 aromatic carbocycles. The number of carbonyl (C=O) groups is 1. The summed E-state index contributed by atoms with van der Waals surface area (Å²) in [6.07, 6.45) is 0. The van der Waals surface area contributed by atoms with Gasteiger partial charge in [0.1, 0.15) is 5.75 Å². The van der Waals surface area contributed by atoms with Gasteiger partial charge in [-0.05, 0) is 37.3 Å². The van der Waals surface area contributed by atoms with Crippen molar-refractivity contribution in [2.24, 2.45) is 0 Å². The quantitative estimate of drug-likeness (QED) is 0.919. The van der Waals surface area contributed by atoms with Gasteiger partial charge in [-0.3, -0.25) is 4.79 Å². The second kappa shape index (κ2) is 6.57. The lowest BCUT2D eigenvalue weighted by molar-refractivity contribution is 0.0939. The first-order valence-corrected chi connectivity index (χ1v) is 7.10. The molecule has 0 heterocycles. The molecule has 1 atom stereocenters. The number of nitrogens with one attached hydrogen (secondary N) is 1. The van der Waals surface area contributed by atoms with E-state index in [1.54, 1.807) is 19.2 Å². The third-order valence-corrected chi connectivity index (χ3v) is 3.59. The first kappa shape index (κ1) is 14.6. The monoisotopic (exact) mass is 333 g/mol. The SMILES string of the molecule is COc1ccccc1[C@H](C)NC(=O)c1ccc(Br)cc1. The minimum atomic E-state index is -0.123. The number of hydrogen-bond donors (Lipinski definition) is 1. The molecular weight excluding hydrogens is 318 g/mol. The van der Waals surface area contributed by atoms with Crippen molar-refractivity contribution in [3.63, 3.8) is 0 Å². The van der Waals surface area contributed by atoms with Gasteiger partial charge in [0, 0.05) is 15.6 Å². The number of benzene rings is 2. The lowest BCUT2D eigenvalue weighted by atomic mass is 10.1. The van der Waals surface area contributed by atoms with Gasteiger partial charge >= 0.3 is 0 Å². The summed E-state index contributed by atoms with van der Waals surface area (Å²) in [6, 6.07) is 14.8. The number of carbonyl (C=O) groups excluding carboxylic acids is 1. The van der Waals surface area contributed by atoms with E-state index < -0.39 is 0 Å². The molecule has 2 rings (SSSR count). The average Bonchev–Trinajstić information content (AvgIpc) is 2.47. The first-order chi connectivity index (χ1) is 9.61. The van der Waals surface area contributed by atoms with E-state index >= 15 is 0 Å². The predicted octanol–water partition coefficient (Wildman–Crippen LogP) is 3.95. The molecule has 0 spiro atoms. The molecule has 2 aromatic rings. The molecule has 0 radical (unpaired) electrons. The van der Waals surface area contributed by atoms with Crippen molar-refractivity contribution in [3.8, 4) is 5.75 Å². The highest BCUT2D eigenvalue weighted by atomic mass is 79.9. The largest absolute Gasteiger partial charge is 0.496 e. The molecule has 0 aliphatic carbocycles. The Morgan fingerprint density at radius 1 is 1.15 bits per heavy atom. The number of para-hydroxylation sites is 1. The van der Waals surface area contributed by atoms with Gasteiger partial charge in [-0.2, -0.15) is 0 Å². The van der Waals surface area contributed by atoms with Crippen LogP contribution in [0.3, 0.4) is 0 Å². The van der Waals surface area contributed by atoms with Crippen molar-refractivity contribution in [2.45, 2.75) is 13.0 Å². The smallest absolute Gasteiger partial charge is 0.251 e. The standard InChI is InChI=1S/C16H16BrNO2/c1-11(14-5-3-4-6-15(14)20-2)18-16(19)12-7-9-13(17)10-8-12/h3-11H,1-2H3,(H,18,19)/t11-/m0/s1. The van der Waals surface area contributed by atoms with Gasteiger partial charge < -0.3 is 10.1 Å². The van der Waals surface area contributed by atoms with Gasteiger partial charge in [0.15, 0.2) is 0 Å². The Morgan fingerprint density at radius 2 is 1.80 bits per heavy atom. The van der Waals surface area contributed by atoms with Gasteiger partial charge in [0.2, 0.25) is 0 Å². The van der Waals surface area contributed by atoms with Crippen LogP contribution in [0.15, 0.2) is 53.0 Å². The summed E-state index contributed by atoms with van der Waals surface area (Å²) in [5, 5.41) is 2.97. The zero-order chi connectivity index (χ0) is 14.5. The fourth-order valence-corrected chi connectivity index (χ4v) is 2.25. The molecule has 104 valence electrons. The highest BCUT2D eigenvalue weighted by molar-refractivity contribution is 9.10. The Labute approximate surface area is 127 Å². The zero-order valence-electron chi connectivity index (χ0n) is 11.4.